The van der Waals surface area contributed by atoms with Gasteiger partial charge >= 0.3 is 16.5 Å². The number of hydrogen-bond acceptors (Lipinski definition) is 2. The van der Waals surface area contributed by atoms with Crippen molar-refractivity contribution in [3.8, 4) is 0 Å². The first-order valence-corrected chi connectivity index (χ1v) is 9.74. The summed E-state index contributed by atoms with van der Waals surface area (Å²) in [4.78, 5) is 4.60. The van der Waals surface area contributed by atoms with Crippen LogP contribution in [-0.2, 0) is 27.6 Å². The van der Waals surface area contributed by atoms with E-state index in [9.17, 15) is 8.76 Å². The summed E-state index contributed by atoms with van der Waals surface area (Å²) in [5, 5.41) is 0. The van der Waals surface area contributed by atoms with Crippen LogP contribution in [-0.4, -0.2) is 26.8 Å². The van der Waals surface area contributed by atoms with E-state index in [2.05, 4.69) is 32.7 Å². The van der Waals surface area contributed by atoms with Crippen LogP contribution >= 0.6 is 0 Å². The van der Waals surface area contributed by atoms with Crippen LogP contribution in [0.4, 0.5) is 0 Å². The van der Waals surface area contributed by atoms with Crippen molar-refractivity contribution < 1.29 is 25.3 Å². The molecule has 2 fully saturated rings. The van der Waals surface area contributed by atoms with Gasteiger partial charge in [-0.25, -0.2) is 4.21 Å². The van der Waals surface area contributed by atoms with Crippen molar-refractivity contribution in [1.29, 1.82) is 0 Å². The first-order chi connectivity index (χ1) is 10.3. The Morgan fingerprint density at radius 3 is 2.09 bits per heavy atom. The Morgan fingerprint density at radius 1 is 1.26 bits per heavy atom. The minimum absolute atomic E-state index is 0. The van der Waals surface area contributed by atoms with Crippen LogP contribution in [0.15, 0.2) is 4.99 Å². The van der Waals surface area contributed by atoms with Gasteiger partial charge in [-0.3, -0.25) is 4.99 Å². The Bertz CT molecular complexity index is 383. The minimum atomic E-state index is -1.72. The zero-order valence-corrected chi connectivity index (χ0v) is 17.3. The largest absolute Gasteiger partial charge is 2.00 e. The van der Waals surface area contributed by atoms with Crippen molar-refractivity contribution in [2.75, 3.05) is 12.3 Å². The second-order valence-electron chi connectivity index (χ2n) is 6.63. The number of fused-ring (bicyclic) bond motifs is 2. The monoisotopic (exact) mass is 387 g/mol. The summed E-state index contributed by atoms with van der Waals surface area (Å²) in [6, 6.07) is 0. The van der Waals surface area contributed by atoms with E-state index in [4.69, 9.17) is 0 Å². The molecule has 140 valence electrons. The molecule has 2 unspecified atom stereocenters. The molecule has 2 aliphatic carbocycles. The molecule has 0 heterocycles. The van der Waals surface area contributed by atoms with E-state index in [1.165, 1.54) is 12.1 Å². The van der Waals surface area contributed by atoms with Crippen LogP contribution in [0.2, 0.25) is 0 Å². The van der Waals surface area contributed by atoms with Crippen LogP contribution in [0.5, 0.6) is 0 Å². The van der Waals surface area contributed by atoms with Gasteiger partial charge in [-0.1, -0.05) is 27.7 Å². The first-order valence-electron chi connectivity index (χ1n) is 8.46. The van der Waals surface area contributed by atoms with Gasteiger partial charge < -0.3 is 18.4 Å². The molecule has 0 aromatic carbocycles. The second kappa shape index (κ2) is 11.8. The number of hydrogen-bond donors (Lipinski definition) is 1. The van der Waals surface area contributed by atoms with Gasteiger partial charge in [0, 0.05) is 17.7 Å². The summed E-state index contributed by atoms with van der Waals surface area (Å²) in [6.45, 7) is 18.3. The fourth-order valence-corrected chi connectivity index (χ4v) is 4.86. The molecule has 0 aromatic rings. The fourth-order valence-electron chi connectivity index (χ4n) is 3.76. The molecule has 0 aliphatic heterocycles. The SMILES string of the molecule is CCN=C1CC2CC[C@@]1(CS(=O)O)C2(C)C.[CH2-]CC.[CH2-]CC.[Ni+2]. The predicted molar refractivity (Wildman–Crippen MR) is 98.5 cm³/mol. The van der Waals surface area contributed by atoms with Crippen molar-refractivity contribution >= 4 is 16.8 Å². The number of nitrogens with zero attached hydrogens (tertiary/aromatic N) is 1. The molecule has 2 aliphatic rings. The van der Waals surface area contributed by atoms with E-state index in [1.807, 2.05) is 20.8 Å². The summed E-state index contributed by atoms with van der Waals surface area (Å²) in [5.41, 5.74) is 1.24. The van der Waals surface area contributed by atoms with Gasteiger partial charge in [0.25, 0.3) is 0 Å². The third-order valence-electron chi connectivity index (χ3n) is 4.88. The Balaban J connectivity index is 0. The van der Waals surface area contributed by atoms with E-state index in [0.29, 0.717) is 11.7 Å². The molecule has 0 aromatic heterocycles. The molecular formula is C18H35NNiO2S. The second-order valence-corrected chi connectivity index (χ2v) is 7.56. The maximum absolute atomic E-state index is 11.2. The smallest absolute Gasteiger partial charge is 0.344 e. The van der Waals surface area contributed by atoms with Crippen LogP contribution in [0, 0.1) is 30.6 Å². The molecular weight excluding hydrogens is 353 g/mol. The van der Waals surface area contributed by atoms with Gasteiger partial charge in [-0.15, -0.1) is 0 Å². The molecule has 0 saturated heterocycles. The molecule has 2 saturated carbocycles. The maximum Gasteiger partial charge on any atom is 2.00 e. The van der Waals surface area contributed by atoms with Crippen molar-refractivity contribution in [3.05, 3.63) is 13.8 Å². The normalized spacial score (nSPS) is 29.7. The van der Waals surface area contributed by atoms with Gasteiger partial charge in [0.15, 0.2) is 11.1 Å². The topological polar surface area (TPSA) is 49.7 Å². The average Bonchev–Trinajstić information content (AvgIpc) is 2.74. The Kier molecular flexibility index (Phi) is 13.0. The van der Waals surface area contributed by atoms with Gasteiger partial charge in [-0.05, 0) is 37.5 Å². The van der Waals surface area contributed by atoms with Crippen molar-refractivity contribution in [1.82, 2.24) is 0 Å². The van der Waals surface area contributed by atoms with Crippen LogP contribution in [0.3, 0.4) is 0 Å². The van der Waals surface area contributed by atoms with Gasteiger partial charge in [-0.2, -0.15) is 12.8 Å². The van der Waals surface area contributed by atoms with Crippen LogP contribution in [0.1, 0.15) is 66.7 Å². The van der Waals surface area contributed by atoms with Crippen molar-refractivity contribution in [2.45, 2.75) is 66.7 Å². The predicted octanol–water partition coefficient (Wildman–Crippen LogP) is 4.95. The van der Waals surface area contributed by atoms with E-state index in [1.54, 1.807) is 0 Å². The quantitative estimate of drug-likeness (QED) is 0.422. The molecule has 2 rings (SSSR count). The Hall–Kier alpha value is 0.274. The Labute approximate surface area is 156 Å². The fraction of sp³-hybridized carbons (Fsp3) is 0.833. The molecule has 3 nitrogen and oxygen atoms in total. The average molecular weight is 388 g/mol. The molecule has 23 heavy (non-hydrogen) atoms. The van der Waals surface area contributed by atoms with E-state index >= 15 is 0 Å². The molecule has 0 spiro atoms. The van der Waals surface area contributed by atoms with E-state index < -0.39 is 11.1 Å². The summed E-state index contributed by atoms with van der Waals surface area (Å²) in [5.74, 6) is 1.02. The standard InChI is InChI=1S/C12H21NO2S.2C3H7.Ni/c1-4-13-10-7-9-5-6-12(10,8-16(14)15)11(9,2)3;2*1-3-2;/h9H,4-8H2,1-3H3,(H,14,15);2*1,3H2,2H3;/q;2*-1;+2/t9?,12-;;;/m0.../s1. The summed E-state index contributed by atoms with van der Waals surface area (Å²) in [7, 11) is 0. The third-order valence-corrected chi connectivity index (χ3v) is 5.62. The molecule has 2 bridgehead atoms. The molecule has 0 amide bonds. The van der Waals surface area contributed by atoms with Crippen molar-refractivity contribution in [2.24, 2.45) is 21.7 Å². The van der Waals surface area contributed by atoms with Gasteiger partial charge in [0.1, 0.15) is 0 Å². The van der Waals surface area contributed by atoms with Crippen LogP contribution in [0.25, 0.3) is 0 Å². The van der Waals surface area contributed by atoms with Crippen molar-refractivity contribution in [3.63, 3.8) is 0 Å². The first kappa shape index (κ1) is 25.5. The van der Waals surface area contributed by atoms with E-state index in [0.717, 1.165) is 32.2 Å². The van der Waals surface area contributed by atoms with E-state index in [-0.39, 0.29) is 27.3 Å². The minimum Gasteiger partial charge on any atom is -0.344 e. The van der Waals surface area contributed by atoms with Gasteiger partial charge in [0.05, 0.1) is 5.75 Å². The maximum atomic E-state index is 11.2. The third kappa shape index (κ3) is 5.94. The number of rotatable bonds is 3. The zero-order chi connectivity index (χ0) is 17.4. The van der Waals surface area contributed by atoms with Crippen LogP contribution < -0.4 is 0 Å². The summed E-state index contributed by atoms with van der Waals surface area (Å²) >= 11 is -1.72. The molecule has 3 atom stereocenters. The molecule has 1 N–H and O–H groups in total. The Morgan fingerprint density at radius 2 is 1.74 bits per heavy atom. The zero-order valence-electron chi connectivity index (χ0n) is 15.5. The molecule has 5 heteroatoms. The van der Waals surface area contributed by atoms with Gasteiger partial charge in [0.2, 0.25) is 0 Å². The molecule has 0 radical (unpaired) electrons. The summed E-state index contributed by atoms with van der Waals surface area (Å²) in [6.07, 6.45) is 5.26. The summed E-state index contributed by atoms with van der Waals surface area (Å²) < 4.78 is 20.5. The number of aliphatic imine (C=N–C) groups is 1.